The third-order valence-corrected chi connectivity index (χ3v) is 8.96. The van der Waals surface area contributed by atoms with Gasteiger partial charge in [-0.2, -0.15) is 4.31 Å². The van der Waals surface area contributed by atoms with E-state index in [1.165, 1.54) is 4.31 Å². The molecule has 1 amide bonds. The van der Waals surface area contributed by atoms with Crippen LogP contribution in [-0.2, 0) is 14.8 Å². The van der Waals surface area contributed by atoms with Crippen LogP contribution in [0.15, 0.2) is 33.7 Å². The van der Waals surface area contributed by atoms with Crippen LogP contribution in [0.5, 0.6) is 5.75 Å². The number of nitrogens with one attached hydrogen (secondary N) is 1. The molecule has 2 aliphatic rings. The van der Waals surface area contributed by atoms with E-state index in [2.05, 4.69) is 21.4 Å². The van der Waals surface area contributed by atoms with Gasteiger partial charge in [0.1, 0.15) is 16.3 Å². The SMILES string of the molecule is COc1cccc(C(CNC(=O)C2CCCN(S(=O)(=O)c3c(C)noc3C)C2)N2CCCC2)c1. The number of likely N-dealkylation sites (tertiary alicyclic amines) is 1. The van der Waals surface area contributed by atoms with Gasteiger partial charge in [0, 0.05) is 19.6 Å². The number of benzene rings is 1. The van der Waals surface area contributed by atoms with Gasteiger partial charge in [-0.1, -0.05) is 17.3 Å². The van der Waals surface area contributed by atoms with E-state index in [1.54, 1.807) is 21.0 Å². The van der Waals surface area contributed by atoms with Crippen molar-refractivity contribution in [1.82, 2.24) is 19.7 Å². The number of sulfonamides is 1. The second kappa shape index (κ2) is 10.5. The second-order valence-corrected chi connectivity index (χ2v) is 11.0. The van der Waals surface area contributed by atoms with Gasteiger partial charge in [-0.25, -0.2) is 8.42 Å². The lowest BCUT2D eigenvalue weighted by molar-refractivity contribution is -0.126. The molecule has 4 rings (SSSR count). The van der Waals surface area contributed by atoms with E-state index in [0.717, 1.165) is 37.2 Å². The standard InChI is InChI=1S/C24H34N4O5S/c1-17-23(18(2)33-26-17)34(30,31)28-13-7-9-20(16-28)24(29)25-15-22(27-11-4-5-12-27)19-8-6-10-21(14-19)32-3/h6,8,10,14,20,22H,4-5,7,9,11-13,15-16H2,1-3H3,(H,25,29). The minimum absolute atomic E-state index is 0.0484. The summed E-state index contributed by atoms with van der Waals surface area (Å²) in [6.45, 7) is 6.21. The maximum absolute atomic E-state index is 13.2. The van der Waals surface area contributed by atoms with Crippen LogP contribution < -0.4 is 10.1 Å². The summed E-state index contributed by atoms with van der Waals surface area (Å²) in [4.78, 5) is 15.7. The van der Waals surface area contributed by atoms with Gasteiger partial charge in [0.05, 0.1) is 19.1 Å². The average Bonchev–Trinajstić information content (AvgIpc) is 3.49. The van der Waals surface area contributed by atoms with E-state index in [0.29, 0.717) is 31.6 Å². The minimum Gasteiger partial charge on any atom is -0.497 e. The van der Waals surface area contributed by atoms with Crippen LogP contribution in [-0.4, -0.2) is 68.5 Å². The topological polar surface area (TPSA) is 105 Å². The predicted molar refractivity (Wildman–Crippen MR) is 127 cm³/mol. The number of amides is 1. The fourth-order valence-corrected chi connectivity index (χ4v) is 6.86. The molecule has 3 heterocycles. The van der Waals surface area contributed by atoms with Crippen molar-refractivity contribution >= 4 is 15.9 Å². The molecule has 2 aromatic rings. The van der Waals surface area contributed by atoms with Gasteiger partial charge in [0.15, 0.2) is 5.76 Å². The van der Waals surface area contributed by atoms with E-state index >= 15 is 0 Å². The highest BCUT2D eigenvalue weighted by molar-refractivity contribution is 7.89. The zero-order valence-electron chi connectivity index (χ0n) is 20.1. The fraction of sp³-hybridized carbons (Fsp3) is 0.583. The maximum Gasteiger partial charge on any atom is 0.248 e. The number of aryl methyl sites for hydroxylation is 2. The first kappa shape index (κ1) is 24.7. The summed E-state index contributed by atoms with van der Waals surface area (Å²) in [5.74, 6) is 0.565. The molecule has 34 heavy (non-hydrogen) atoms. The van der Waals surface area contributed by atoms with Gasteiger partial charge in [-0.3, -0.25) is 9.69 Å². The van der Waals surface area contributed by atoms with E-state index in [-0.39, 0.29) is 29.1 Å². The van der Waals surface area contributed by atoms with Gasteiger partial charge in [0.25, 0.3) is 0 Å². The third-order valence-electron chi connectivity index (χ3n) is 6.85. The normalized spacial score (nSPS) is 20.9. The molecule has 2 fully saturated rings. The maximum atomic E-state index is 13.2. The Hall–Kier alpha value is -2.43. The van der Waals surface area contributed by atoms with Crippen molar-refractivity contribution in [3.63, 3.8) is 0 Å². The summed E-state index contributed by atoms with van der Waals surface area (Å²) < 4.78 is 38.3. The number of ether oxygens (including phenoxy) is 1. The van der Waals surface area contributed by atoms with Crippen molar-refractivity contribution in [2.24, 2.45) is 5.92 Å². The summed E-state index contributed by atoms with van der Waals surface area (Å²) in [5.41, 5.74) is 1.45. The Kier molecular flexibility index (Phi) is 7.59. The van der Waals surface area contributed by atoms with Gasteiger partial charge < -0.3 is 14.6 Å². The molecule has 0 aliphatic carbocycles. The monoisotopic (exact) mass is 490 g/mol. The number of methoxy groups -OCH3 is 1. The molecule has 2 saturated heterocycles. The Labute approximate surface area is 201 Å². The van der Waals surface area contributed by atoms with Crippen LogP contribution in [0, 0.1) is 19.8 Å². The van der Waals surface area contributed by atoms with Crippen molar-refractivity contribution in [2.75, 3.05) is 39.8 Å². The Morgan fingerprint density at radius 2 is 2.00 bits per heavy atom. The van der Waals surface area contributed by atoms with Crippen molar-refractivity contribution < 1.29 is 22.5 Å². The number of carbonyl (C=O) groups excluding carboxylic acids is 1. The molecular formula is C24H34N4O5S. The zero-order chi connectivity index (χ0) is 24.3. The number of hydrogen-bond acceptors (Lipinski definition) is 7. The molecule has 9 nitrogen and oxygen atoms in total. The molecule has 2 aliphatic heterocycles. The van der Waals surface area contributed by atoms with Crippen LogP contribution >= 0.6 is 0 Å². The highest BCUT2D eigenvalue weighted by Gasteiger charge is 2.36. The lowest BCUT2D eigenvalue weighted by atomic mass is 9.98. The molecule has 2 unspecified atom stereocenters. The highest BCUT2D eigenvalue weighted by atomic mass is 32.2. The minimum atomic E-state index is -3.77. The number of piperidine rings is 1. The summed E-state index contributed by atoms with van der Waals surface area (Å²) in [6, 6.07) is 8.02. The summed E-state index contributed by atoms with van der Waals surface area (Å²) in [6.07, 6.45) is 3.58. The average molecular weight is 491 g/mol. The zero-order valence-corrected chi connectivity index (χ0v) is 20.9. The highest BCUT2D eigenvalue weighted by Crippen LogP contribution is 2.29. The van der Waals surface area contributed by atoms with Gasteiger partial charge >= 0.3 is 0 Å². The van der Waals surface area contributed by atoms with Gasteiger partial charge in [0.2, 0.25) is 15.9 Å². The van der Waals surface area contributed by atoms with E-state index in [1.807, 2.05) is 18.2 Å². The third kappa shape index (κ3) is 5.13. The smallest absolute Gasteiger partial charge is 0.248 e. The molecule has 10 heteroatoms. The summed E-state index contributed by atoms with van der Waals surface area (Å²) in [7, 11) is -2.12. The Bertz CT molecular complexity index is 1090. The van der Waals surface area contributed by atoms with Crippen LogP contribution in [0.1, 0.15) is 48.7 Å². The number of nitrogens with zero attached hydrogens (tertiary/aromatic N) is 3. The van der Waals surface area contributed by atoms with Crippen molar-refractivity contribution in [1.29, 1.82) is 0 Å². The molecule has 1 aromatic carbocycles. The summed E-state index contributed by atoms with van der Waals surface area (Å²) in [5, 5.41) is 6.91. The number of hydrogen-bond donors (Lipinski definition) is 1. The second-order valence-electron chi connectivity index (χ2n) is 9.14. The van der Waals surface area contributed by atoms with Crippen molar-refractivity contribution in [3.05, 3.63) is 41.3 Å². The number of aromatic nitrogens is 1. The molecule has 2 atom stereocenters. The van der Waals surface area contributed by atoms with E-state index in [4.69, 9.17) is 9.26 Å². The molecule has 186 valence electrons. The Balaban J connectivity index is 1.44. The first-order chi connectivity index (χ1) is 16.3. The Morgan fingerprint density at radius 3 is 2.68 bits per heavy atom. The number of rotatable bonds is 8. The molecule has 0 saturated carbocycles. The van der Waals surface area contributed by atoms with Crippen molar-refractivity contribution in [3.8, 4) is 5.75 Å². The molecule has 0 spiro atoms. The molecular weight excluding hydrogens is 456 g/mol. The Morgan fingerprint density at radius 1 is 1.24 bits per heavy atom. The van der Waals surface area contributed by atoms with Crippen LogP contribution in [0.3, 0.4) is 0 Å². The largest absolute Gasteiger partial charge is 0.497 e. The van der Waals surface area contributed by atoms with Gasteiger partial charge in [-0.15, -0.1) is 0 Å². The first-order valence-electron chi connectivity index (χ1n) is 11.9. The van der Waals surface area contributed by atoms with Crippen LogP contribution in [0.4, 0.5) is 0 Å². The molecule has 1 aromatic heterocycles. The van der Waals surface area contributed by atoms with Crippen LogP contribution in [0.2, 0.25) is 0 Å². The molecule has 0 bridgehead atoms. The van der Waals surface area contributed by atoms with E-state index in [9.17, 15) is 13.2 Å². The first-order valence-corrected chi connectivity index (χ1v) is 13.3. The fourth-order valence-electron chi connectivity index (χ4n) is 5.05. The predicted octanol–water partition coefficient (Wildman–Crippen LogP) is 2.65. The lowest BCUT2D eigenvalue weighted by Gasteiger charge is -2.32. The lowest BCUT2D eigenvalue weighted by Crippen LogP contribution is -2.47. The van der Waals surface area contributed by atoms with Crippen LogP contribution in [0.25, 0.3) is 0 Å². The molecule has 1 N–H and O–H groups in total. The molecule has 0 radical (unpaired) electrons. The van der Waals surface area contributed by atoms with E-state index < -0.39 is 15.9 Å². The summed E-state index contributed by atoms with van der Waals surface area (Å²) >= 11 is 0. The van der Waals surface area contributed by atoms with Gasteiger partial charge in [-0.05, 0) is 70.3 Å². The number of carbonyl (C=O) groups is 1. The quantitative estimate of drug-likeness (QED) is 0.606. The van der Waals surface area contributed by atoms with Crippen molar-refractivity contribution in [2.45, 2.75) is 50.5 Å².